The smallest absolute Gasteiger partial charge is 0.242 e. The van der Waals surface area contributed by atoms with Gasteiger partial charge < -0.3 is 25.0 Å². The lowest BCUT2D eigenvalue weighted by molar-refractivity contribution is -0.119. The fourth-order valence-corrected chi connectivity index (χ4v) is 2.28. The van der Waals surface area contributed by atoms with Crippen LogP contribution in [-0.4, -0.2) is 50.3 Å². The van der Waals surface area contributed by atoms with Gasteiger partial charge in [-0.25, -0.2) is 0 Å². The van der Waals surface area contributed by atoms with E-state index in [-0.39, 0.29) is 18.7 Å². The van der Waals surface area contributed by atoms with E-state index in [9.17, 15) is 4.79 Å². The van der Waals surface area contributed by atoms with E-state index in [2.05, 4.69) is 15.5 Å². The number of ether oxygens (including phenoxy) is 2. The summed E-state index contributed by atoms with van der Waals surface area (Å²) >= 11 is 0. The minimum Gasteiger partial charge on any atom is -0.454 e. The summed E-state index contributed by atoms with van der Waals surface area (Å²) in [6.07, 6.45) is 0. The highest BCUT2D eigenvalue weighted by Gasteiger charge is 2.23. The molecule has 0 bridgehead atoms. The summed E-state index contributed by atoms with van der Waals surface area (Å²) in [6, 6.07) is 5.23. The largest absolute Gasteiger partial charge is 0.454 e. The third-order valence-electron chi connectivity index (χ3n) is 3.34. The van der Waals surface area contributed by atoms with Gasteiger partial charge >= 0.3 is 0 Å². The minimum atomic E-state index is -0.177. The second kappa shape index (κ2) is 5.07. The average molecular weight is 263 g/mol. The molecule has 2 N–H and O–H groups in total. The van der Waals surface area contributed by atoms with Crippen LogP contribution in [0.5, 0.6) is 11.5 Å². The monoisotopic (exact) mass is 263 g/mol. The third-order valence-corrected chi connectivity index (χ3v) is 3.34. The fraction of sp³-hybridized carbons (Fsp3) is 0.462. The minimum absolute atomic E-state index is 0.0228. The fourth-order valence-electron chi connectivity index (χ4n) is 2.28. The molecule has 1 unspecified atom stereocenters. The molecular weight excluding hydrogens is 246 g/mol. The van der Waals surface area contributed by atoms with Crippen LogP contribution < -0.4 is 20.1 Å². The zero-order chi connectivity index (χ0) is 13.2. The maximum absolute atomic E-state index is 12.1. The quantitative estimate of drug-likeness (QED) is 0.801. The first-order valence-corrected chi connectivity index (χ1v) is 6.35. The van der Waals surface area contributed by atoms with Crippen LogP contribution in [0.25, 0.3) is 0 Å². The Morgan fingerprint density at radius 1 is 1.42 bits per heavy atom. The van der Waals surface area contributed by atoms with Crippen molar-refractivity contribution < 1.29 is 14.3 Å². The lowest BCUT2D eigenvalue weighted by Gasteiger charge is -2.29. The van der Waals surface area contributed by atoms with Gasteiger partial charge in [-0.2, -0.15) is 0 Å². The van der Waals surface area contributed by atoms with Gasteiger partial charge in [-0.1, -0.05) is 0 Å². The van der Waals surface area contributed by atoms with Crippen LogP contribution in [-0.2, 0) is 4.79 Å². The number of likely N-dealkylation sites (N-methyl/N-ethyl adjacent to an activating group) is 1. The van der Waals surface area contributed by atoms with Crippen molar-refractivity contribution in [3.05, 3.63) is 18.2 Å². The summed E-state index contributed by atoms with van der Waals surface area (Å²) in [6.45, 7) is 2.75. The molecule has 0 saturated carbocycles. The van der Waals surface area contributed by atoms with E-state index >= 15 is 0 Å². The van der Waals surface area contributed by atoms with Gasteiger partial charge in [-0.3, -0.25) is 4.79 Å². The van der Waals surface area contributed by atoms with Crippen LogP contribution in [0.1, 0.15) is 0 Å². The first-order valence-electron chi connectivity index (χ1n) is 6.35. The lowest BCUT2D eigenvalue weighted by Crippen LogP contribution is -2.54. The number of rotatable bonds is 2. The van der Waals surface area contributed by atoms with Gasteiger partial charge in [0.25, 0.3) is 0 Å². The summed E-state index contributed by atoms with van der Waals surface area (Å²) in [7, 11) is 2.02. The number of amides is 1. The van der Waals surface area contributed by atoms with E-state index in [1.807, 2.05) is 13.1 Å². The Labute approximate surface area is 111 Å². The lowest BCUT2D eigenvalue weighted by atomic mass is 10.2. The molecule has 0 spiro atoms. The summed E-state index contributed by atoms with van der Waals surface area (Å²) in [5, 5.41) is 6.11. The van der Waals surface area contributed by atoms with Gasteiger partial charge in [-0.15, -0.1) is 0 Å². The predicted molar refractivity (Wildman–Crippen MR) is 70.5 cm³/mol. The molecule has 19 heavy (non-hydrogen) atoms. The maximum atomic E-state index is 12.1. The molecule has 2 heterocycles. The molecular formula is C13H17N3O3. The van der Waals surface area contributed by atoms with Crippen molar-refractivity contribution in [3.63, 3.8) is 0 Å². The van der Waals surface area contributed by atoms with Crippen molar-refractivity contribution in [2.45, 2.75) is 6.04 Å². The van der Waals surface area contributed by atoms with Crippen molar-refractivity contribution in [1.29, 1.82) is 0 Å². The van der Waals surface area contributed by atoms with E-state index in [0.29, 0.717) is 11.5 Å². The molecule has 1 aromatic rings. The number of hydrogen-bond acceptors (Lipinski definition) is 5. The molecule has 2 aliphatic heterocycles. The summed E-state index contributed by atoms with van der Waals surface area (Å²) in [5.41, 5.74) is 0.726. The van der Waals surface area contributed by atoms with Crippen molar-refractivity contribution in [2.24, 2.45) is 0 Å². The van der Waals surface area contributed by atoms with Gasteiger partial charge in [0.2, 0.25) is 12.7 Å². The van der Waals surface area contributed by atoms with Crippen LogP contribution in [0.15, 0.2) is 18.2 Å². The highest BCUT2D eigenvalue weighted by atomic mass is 16.7. The van der Waals surface area contributed by atoms with Gasteiger partial charge in [0.1, 0.15) is 0 Å². The Morgan fingerprint density at radius 2 is 2.26 bits per heavy atom. The van der Waals surface area contributed by atoms with Crippen LogP contribution in [0.2, 0.25) is 0 Å². The summed E-state index contributed by atoms with van der Waals surface area (Å²) in [5.74, 6) is 1.37. The van der Waals surface area contributed by atoms with Crippen LogP contribution >= 0.6 is 0 Å². The Hall–Kier alpha value is -1.79. The highest BCUT2D eigenvalue weighted by Crippen LogP contribution is 2.34. The molecule has 1 fully saturated rings. The molecule has 6 heteroatoms. The first-order chi connectivity index (χ1) is 9.22. The maximum Gasteiger partial charge on any atom is 0.242 e. The molecule has 0 aliphatic carbocycles. The van der Waals surface area contributed by atoms with E-state index < -0.39 is 0 Å². The number of piperazine rings is 1. The van der Waals surface area contributed by atoms with Crippen molar-refractivity contribution in [3.8, 4) is 11.5 Å². The third kappa shape index (κ3) is 2.64. The molecule has 3 rings (SSSR count). The van der Waals surface area contributed by atoms with E-state index in [0.717, 1.165) is 25.3 Å². The summed E-state index contributed by atoms with van der Waals surface area (Å²) < 4.78 is 10.5. The van der Waals surface area contributed by atoms with Crippen LogP contribution in [0.4, 0.5) is 5.69 Å². The van der Waals surface area contributed by atoms with Crippen molar-refractivity contribution in [2.75, 3.05) is 38.8 Å². The average Bonchev–Trinajstić information content (AvgIpc) is 2.86. The number of benzene rings is 1. The number of nitrogens with one attached hydrogen (secondary N) is 2. The molecule has 1 amide bonds. The van der Waals surface area contributed by atoms with E-state index in [4.69, 9.17) is 9.47 Å². The van der Waals surface area contributed by atoms with Gasteiger partial charge in [-0.05, 0) is 19.2 Å². The van der Waals surface area contributed by atoms with Crippen LogP contribution in [0.3, 0.4) is 0 Å². The Kier molecular flexibility index (Phi) is 3.27. The van der Waals surface area contributed by atoms with Gasteiger partial charge in [0.05, 0.1) is 6.04 Å². The Bertz CT molecular complexity index is 492. The van der Waals surface area contributed by atoms with E-state index in [1.54, 1.807) is 12.1 Å². The molecule has 0 aromatic heterocycles. The highest BCUT2D eigenvalue weighted by molar-refractivity contribution is 5.95. The number of carbonyl (C=O) groups excluding carboxylic acids is 1. The van der Waals surface area contributed by atoms with Gasteiger partial charge in [0, 0.05) is 31.4 Å². The van der Waals surface area contributed by atoms with Crippen molar-refractivity contribution >= 4 is 11.6 Å². The molecule has 1 atom stereocenters. The molecule has 1 aromatic carbocycles. The topological polar surface area (TPSA) is 62.8 Å². The number of nitrogens with zero attached hydrogens (tertiary/aromatic N) is 1. The van der Waals surface area contributed by atoms with E-state index in [1.165, 1.54) is 0 Å². The van der Waals surface area contributed by atoms with Crippen molar-refractivity contribution in [1.82, 2.24) is 10.2 Å². The predicted octanol–water partition coefficient (Wildman–Crippen LogP) is 0.257. The van der Waals surface area contributed by atoms with Gasteiger partial charge in [0.15, 0.2) is 11.5 Å². The molecule has 1 saturated heterocycles. The molecule has 2 aliphatic rings. The molecule has 0 radical (unpaired) electrons. The SMILES string of the molecule is CN1CCNC(C(=O)Nc2ccc3c(c2)OCO3)C1. The Morgan fingerprint density at radius 3 is 3.11 bits per heavy atom. The first kappa shape index (κ1) is 12.3. The zero-order valence-electron chi connectivity index (χ0n) is 10.8. The molecule has 102 valence electrons. The second-order valence-electron chi connectivity index (χ2n) is 4.83. The summed E-state index contributed by atoms with van der Waals surface area (Å²) in [4.78, 5) is 14.3. The number of anilines is 1. The van der Waals surface area contributed by atoms with Crippen LogP contribution in [0, 0.1) is 0 Å². The number of hydrogen-bond donors (Lipinski definition) is 2. The molecule has 6 nitrogen and oxygen atoms in total. The number of carbonyl (C=O) groups is 1. The number of fused-ring (bicyclic) bond motifs is 1. The standard InChI is InChI=1S/C13H17N3O3/c1-16-5-4-14-10(7-16)13(17)15-9-2-3-11-12(6-9)19-8-18-11/h2-3,6,10,14H,4-5,7-8H2,1H3,(H,15,17). The normalized spacial score (nSPS) is 22.3. The Balaban J connectivity index is 1.66. The zero-order valence-corrected chi connectivity index (χ0v) is 10.8. The second-order valence-corrected chi connectivity index (χ2v) is 4.83.